The molecule has 6 N–H and O–H groups in total. The van der Waals surface area contributed by atoms with Crippen LogP contribution < -0.4 is 51.4 Å². The Bertz CT molecular complexity index is 186. The first-order valence-corrected chi connectivity index (χ1v) is 3.47. The zero-order chi connectivity index (χ0) is 10.6. The van der Waals surface area contributed by atoms with E-state index in [1.54, 1.807) is 0 Å². The van der Waals surface area contributed by atoms with Crippen LogP contribution in [0.2, 0.25) is 0 Å². The van der Waals surface area contributed by atoms with Gasteiger partial charge in [-0.1, -0.05) is 0 Å². The molecule has 0 aromatic rings. The van der Waals surface area contributed by atoms with Crippen LogP contribution in [0, 0.1) is 0 Å². The van der Waals surface area contributed by atoms with Gasteiger partial charge in [0.25, 0.3) is 0 Å². The molecule has 0 radical (unpaired) electrons. The molecule has 0 saturated heterocycles. The average molecular weight is 302 g/mol. The Kier molecular flexibility index (Phi) is 15.5. The van der Waals surface area contributed by atoms with Crippen LogP contribution in [0.3, 0.4) is 0 Å². The molecule has 0 aliphatic carbocycles. The second-order valence-electron chi connectivity index (χ2n) is 2.51. The number of carboxylic acid groups (broad SMARTS) is 1. The summed E-state index contributed by atoms with van der Waals surface area (Å²) < 4.78 is 0. The average Bonchev–Trinajstić information content (AvgIpc) is 2.12. The van der Waals surface area contributed by atoms with Crippen molar-refractivity contribution in [3.8, 4) is 0 Å². The molecule has 0 bridgehead atoms. The summed E-state index contributed by atoms with van der Waals surface area (Å²) in [7, 11) is 0. The van der Waals surface area contributed by atoms with Crippen molar-refractivity contribution in [2.75, 3.05) is 6.61 Å². The van der Waals surface area contributed by atoms with Crippen LogP contribution in [0.25, 0.3) is 0 Å². The Morgan fingerprint density at radius 1 is 1.13 bits per heavy atom. The van der Waals surface area contributed by atoms with Gasteiger partial charge in [-0.15, -0.1) is 0 Å². The predicted octanol–water partition coefficient (Wildman–Crippen LogP) is -6.38. The van der Waals surface area contributed by atoms with E-state index in [4.69, 9.17) is 30.6 Å². The summed E-state index contributed by atoms with van der Waals surface area (Å²) in [5, 5.41) is 51.8. The molecular weight excluding hydrogens is 289 g/mol. The molecule has 7 nitrogen and oxygen atoms in total. The van der Waals surface area contributed by atoms with E-state index in [1.165, 1.54) is 0 Å². The Morgan fingerprint density at radius 2 is 1.53 bits per heavy atom. The SMILES string of the molecule is O=C(O)[C@H](O)[C@@H](O)[C@H](O)[C@H](O)CO.[H-].[K+].[Zn]. The van der Waals surface area contributed by atoms with Crippen molar-refractivity contribution >= 4 is 5.97 Å². The summed E-state index contributed by atoms with van der Waals surface area (Å²) in [6.45, 7) is -0.843. The van der Waals surface area contributed by atoms with E-state index in [9.17, 15) is 4.79 Å². The van der Waals surface area contributed by atoms with Crippen LogP contribution in [-0.4, -0.2) is 67.6 Å². The summed E-state index contributed by atoms with van der Waals surface area (Å²) >= 11 is 0. The molecule has 0 aromatic heterocycles. The molecule has 0 unspecified atom stereocenters. The zero-order valence-corrected chi connectivity index (χ0v) is 14.4. The first kappa shape index (κ1) is 21.8. The molecule has 4 atom stereocenters. The Morgan fingerprint density at radius 3 is 1.80 bits per heavy atom. The number of carbonyl (C=O) groups is 1. The number of aliphatic hydroxyl groups is 5. The quantitative estimate of drug-likeness (QED) is 0.278. The van der Waals surface area contributed by atoms with Crippen molar-refractivity contribution in [3.05, 3.63) is 0 Å². The molecule has 15 heavy (non-hydrogen) atoms. The normalized spacial score (nSPS) is 17.7. The summed E-state index contributed by atoms with van der Waals surface area (Å²) in [5.41, 5.74) is 0. The van der Waals surface area contributed by atoms with Crippen LogP contribution in [0.1, 0.15) is 1.43 Å². The Balaban J connectivity index is -0.000000240. The smallest absolute Gasteiger partial charge is 1.00 e. The van der Waals surface area contributed by atoms with Gasteiger partial charge < -0.3 is 32.1 Å². The number of aliphatic carboxylic acids is 1. The fourth-order valence-corrected chi connectivity index (χ4v) is 0.668. The number of rotatable bonds is 5. The van der Waals surface area contributed by atoms with Gasteiger partial charge in [0, 0.05) is 19.5 Å². The first-order valence-electron chi connectivity index (χ1n) is 3.47. The van der Waals surface area contributed by atoms with Gasteiger partial charge in [-0.05, 0) is 0 Å². The van der Waals surface area contributed by atoms with E-state index in [0.29, 0.717) is 0 Å². The number of carboxylic acids is 1. The molecule has 0 spiro atoms. The molecule has 0 aliphatic heterocycles. The molecule has 0 fully saturated rings. The minimum atomic E-state index is -2.20. The summed E-state index contributed by atoms with van der Waals surface area (Å²) in [5.74, 6) is -1.73. The standard InChI is InChI=1S/C6H12O7.K.Zn.H/c7-1-2(8)3(9)4(10)5(11)6(12)13;;;/h2-5,7-11H,1H2,(H,12,13);;;/q;+1;;-1/t2-,3-,4+,5-;;;/m1.../s1. The third-order valence-corrected chi connectivity index (χ3v) is 1.51. The van der Waals surface area contributed by atoms with Crippen molar-refractivity contribution in [1.29, 1.82) is 0 Å². The monoisotopic (exact) mass is 300 g/mol. The zero-order valence-electron chi connectivity index (χ0n) is 9.32. The van der Waals surface area contributed by atoms with Gasteiger partial charge in [-0.25, -0.2) is 4.79 Å². The largest absolute Gasteiger partial charge is 1.00 e. The second kappa shape index (κ2) is 10.7. The van der Waals surface area contributed by atoms with E-state index in [2.05, 4.69) is 0 Å². The van der Waals surface area contributed by atoms with Gasteiger partial charge in [-0.2, -0.15) is 0 Å². The van der Waals surface area contributed by atoms with Gasteiger partial charge in [-0.3, -0.25) is 0 Å². The van der Waals surface area contributed by atoms with E-state index in [0.717, 1.165) is 0 Å². The van der Waals surface area contributed by atoms with Crippen LogP contribution in [0.5, 0.6) is 0 Å². The summed E-state index contributed by atoms with van der Waals surface area (Å²) in [6, 6.07) is 0. The molecule has 0 heterocycles. The summed E-state index contributed by atoms with van der Waals surface area (Å²) in [4.78, 5) is 10.1. The van der Waals surface area contributed by atoms with Crippen molar-refractivity contribution in [2.45, 2.75) is 24.4 Å². The van der Waals surface area contributed by atoms with Crippen molar-refractivity contribution in [1.82, 2.24) is 0 Å². The fourth-order valence-electron chi connectivity index (χ4n) is 0.668. The molecule has 0 saturated carbocycles. The Hall–Kier alpha value is 1.53. The third kappa shape index (κ3) is 7.45. The number of hydrogen-bond acceptors (Lipinski definition) is 6. The van der Waals surface area contributed by atoms with E-state index in [-0.39, 0.29) is 72.3 Å². The molecule has 0 aliphatic rings. The number of aliphatic hydroxyl groups excluding tert-OH is 5. The van der Waals surface area contributed by atoms with Gasteiger partial charge >= 0.3 is 57.4 Å². The third-order valence-electron chi connectivity index (χ3n) is 1.51. The van der Waals surface area contributed by atoms with Crippen LogP contribution >= 0.6 is 0 Å². The fraction of sp³-hybridized carbons (Fsp3) is 0.833. The topological polar surface area (TPSA) is 138 Å². The predicted molar refractivity (Wildman–Crippen MR) is 39.9 cm³/mol. The Labute approximate surface area is 143 Å². The molecule has 9 heteroatoms. The van der Waals surface area contributed by atoms with Gasteiger partial charge in [0.1, 0.15) is 18.3 Å². The van der Waals surface area contributed by atoms with Gasteiger partial charge in [0.15, 0.2) is 6.10 Å². The van der Waals surface area contributed by atoms with Gasteiger partial charge in [0.2, 0.25) is 0 Å². The van der Waals surface area contributed by atoms with Crippen LogP contribution in [-0.2, 0) is 24.3 Å². The maximum Gasteiger partial charge on any atom is 1.00 e. The first-order chi connectivity index (χ1) is 5.91. The minimum absolute atomic E-state index is 0. The number of hydrogen-bond donors (Lipinski definition) is 6. The van der Waals surface area contributed by atoms with Crippen LogP contribution in [0.4, 0.5) is 0 Å². The molecule has 0 aromatic carbocycles. The summed E-state index contributed by atoms with van der Waals surface area (Å²) in [6.07, 6.45) is -7.84. The molecular formula is C6H13KO7Zn. The molecule has 82 valence electrons. The van der Waals surface area contributed by atoms with E-state index in [1.807, 2.05) is 0 Å². The second-order valence-corrected chi connectivity index (χ2v) is 2.51. The maximum absolute atomic E-state index is 10.1. The maximum atomic E-state index is 10.1. The van der Waals surface area contributed by atoms with E-state index >= 15 is 0 Å². The van der Waals surface area contributed by atoms with Crippen molar-refractivity contribution in [2.24, 2.45) is 0 Å². The van der Waals surface area contributed by atoms with Crippen molar-refractivity contribution in [3.63, 3.8) is 0 Å². The van der Waals surface area contributed by atoms with Crippen LogP contribution in [0.15, 0.2) is 0 Å². The minimum Gasteiger partial charge on any atom is -1.00 e. The molecule has 0 rings (SSSR count). The van der Waals surface area contributed by atoms with Crippen molar-refractivity contribution < 1.29 is 108 Å². The van der Waals surface area contributed by atoms with Gasteiger partial charge in [0.05, 0.1) is 6.61 Å². The van der Waals surface area contributed by atoms with E-state index < -0.39 is 37.0 Å². The molecule has 0 amide bonds.